The van der Waals surface area contributed by atoms with Crippen LogP contribution in [0.3, 0.4) is 0 Å². The van der Waals surface area contributed by atoms with E-state index in [-0.39, 0.29) is 10.7 Å². The summed E-state index contributed by atoms with van der Waals surface area (Å²) in [7, 11) is 0. The van der Waals surface area contributed by atoms with E-state index in [1.165, 1.54) is 0 Å². The number of carbonyl (C=O) groups is 1. The van der Waals surface area contributed by atoms with Crippen molar-refractivity contribution in [3.8, 4) is 11.1 Å². The molecule has 18 heavy (non-hydrogen) atoms. The van der Waals surface area contributed by atoms with Crippen molar-refractivity contribution >= 4 is 17.6 Å². The van der Waals surface area contributed by atoms with E-state index in [0.717, 1.165) is 11.1 Å². The van der Waals surface area contributed by atoms with Crippen molar-refractivity contribution in [1.82, 2.24) is 9.97 Å². The standard InChI is InChI=1S/C13H11ClN2O2/c1-2-18-13(17)12-11(14)6-10(8-16-12)9-4-3-5-15-7-9/h3-8H,2H2,1H3. The maximum Gasteiger partial charge on any atom is 0.358 e. The molecule has 0 N–H and O–H groups in total. The SMILES string of the molecule is CCOC(=O)c1ncc(-c2cccnc2)cc1Cl. The molecular formula is C13H11ClN2O2. The molecule has 0 bridgehead atoms. The first-order valence-electron chi connectivity index (χ1n) is 5.45. The molecule has 2 aromatic rings. The van der Waals surface area contributed by atoms with Crippen molar-refractivity contribution in [3.63, 3.8) is 0 Å². The average Bonchev–Trinajstić information content (AvgIpc) is 2.40. The van der Waals surface area contributed by atoms with Gasteiger partial charge in [0.1, 0.15) is 0 Å². The third-order valence-electron chi connectivity index (χ3n) is 2.30. The van der Waals surface area contributed by atoms with Crippen LogP contribution in [0.5, 0.6) is 0 Å². The van der Waals surface area contributed by atoms with Crippen LogP contribution in [0.1, 0.15) is 17.4 Å². The summed E-state index contributed by atoms with van der Waals surface area (Å²) >= 11 is 6.03. The number of ether oxygens (including phenoxy) is 1. The smallest absolute Gasteiger partial charge is 0.358 e. The fourth-order valence-corrected chi connectivity index (χ4v) is 1.72. The van der Waals surface area contributed by atoms with Crippen LogP contribution in [0, 0.1) is 0 Å². The fourth-order valence-electron chi connectivity index (χ4n) is 1.48. The van der Waals surface area contributed by atoms with E-state index in [0.29, 0.717) is 6.61 Å². The second-order valence-corrected chi connectivity index (χ2v) is 3.92. The Morgan fingerprint density at radius 3 is 2.83 bits per heavy atom. The quantitative estimate of drug-likeness (QED) is 0.798. The molecule has 0 atom stereocenters. The van der Waals surface area contributed by atoms with Gasteiger partial charge in [-0.05, 0) is 19.1 Å². The van der Waals surface area contributed by atoms with Crippen LogP contribution < -0.4 is 0 Å². The van der Waals surface area contributed by atoms with E-state index in [4.69, 9.17) is 16.3 Å². The summed E-state index contributed by atoms with van der Waals surface area (Å²) in [6.07, 6.45) is 4.97. The van der Waals surface area contributed by atoms with E-state index in [2.05, 4.69) is 9.97 Å². The van der Waals surface area contributed by atoms with E-state index < -0.39 is 5.97 Å². The van der Waals surface area contributed by atoms with E-state index in [9.17, 15) is 4.79 Å². The van der Waals surface area contributed by atoms with Gasteiger partial charge in [0.2, 0.25) is 0 Å². The third kappa shape index (κ3) is 2.65. The van der Waals surface area contributed by atoms with Crippen LogP contribution in [0.25, 0.3) is 11.1 Å². The van der Waals surface area contributed by atoms with Crippen molar-refractivity contribution in [2.45, 2.75) is 6.92 Å². The van der Waals surface area contributed by atoms with Crippen molar-refractivity contribution in [3.05, 3.63) is 47.5 Å². The number of esters is 1. The van der Waals surface area contributed by atoms with Gasteiger partial charge in [0.05, 0.1) is 11.6 Å². The molecule has 0 aliphatic carbocycles. The second kappa shape index (κ2) is 5.60. The lowest BCUT2D eigenvalue weighted by Crippen LogP contribution is -2.07. The Bertz CT molecular complexity index is 558. The largest absolute Gasteiger partial charge is 0.461 e. The Balaban J connectivity index is 2.34. The van der Waals surface area contributed by atoms with E-state index in [1.807, 2.05) is 12.1 Å². The second-order valence-electron chi connectivity index (χ2n) is 3.52. The highest BCUT2D eigenvalue weighted by molar-refractivity contribution is 6.33. The Labute approximate surface area is 110 Å². The number of rotatable bonds is 3. The maximum absolute atomic E-state index is 11.5. The predicted molar refractivity (Wildman–Crippen MR) is 68.4 cm³/mol. The summed E-state index contributed by atoms with van der Waals surface area (Å²) < 4.78 is 4.86. The van der Waals surface area contributed by atoms with Crippen molar-refractivity contribution in [2.75, 3.05) is 6.61 Å². The van der Waals surface area contributed by atoms with Crippen molar-refractivity contribution in [1.29, 1.82) is 0 Å². The molecule has 0 radical (unpaired) electrons. The molecule has 2 rings (SSSR count). The molecule has 4 nitrogen and oxygen atoms in total. The Morgan fingerprint density at radius 2 is 2.22 bits per heavy atom. The number of aromatic nitrogens is 2. The Hall–Kier alpha value is -1.94. The summed E-state index contributed by atoms with van der Waals surface area (Å²) in [6.45, 7) is 2.02. The lowest BCUT2D eigenvalue weighted by atomic mass is 10.1. The van der Waals surface area contributed by atoms with E-state index >= 15 is 0 Å². The molecule has 0 spiro atoms. The average molecular weight is 263 g/mol. The van der Waals surface area contributed by atoms with Crippen LogP contribution in [0.2, 0.25) is 5.02 Å². The minimum Gasteiger partial charge on any atom is -0.461 e. The van der Waals surface area contributed by atoms with E-state index in [1.54, 1.807) is 31.6 Å². The van der Waals surface area contributed by atoms with Gasteiger partial charge in [0.15, 0.2) is 5.69 Å². The predicted octanol–water partition coefficient (Wildman–Crippen LogP) is 2.97. The summed E-state index contributed by atoms with van der Waals surface area (Å²) in [5, 5.41) is 0.273. The van der Waals surface area contributed by atoms with Gasteiger partial charge in [-0.15, -0.1) is 0 Å². The topological polar surface area (TPSA) is 52.1 Å². The zero-order chi connectivity index (χ0) is 13.0. The number of hydrogen-bond acceptors (Lipinski definition) is 4. The lowest BCUT2D eigenvalue weighted by Gasteiger charge is -2.05. The monoisotopic (exact) mass is 262 g/mol. The molecule has 0 fully saturated rings. The van der Waals surface area contributed by atoms with Gasteiger partial charge < -0.3 is 4.74 Å². The Morgan fingerprint density at radius 1 is 1.39 bits per heavy atom. The first-order valence-corrected chi connectivity index (χ1v) is 5.83. The number of hydrogen-bond donors (Lipinski definition) is 0. The number of carbonyl (C=O) groups excluding carboxylic acids is 1. The van der Waals surface area contributed by atoms with Crippen LogP contribution in [0.15, 0.2) is 36.8 Å². The van der Waals surface area contributed by atoms with Crippen LogP contribution >= 0.6 is 11.6 Å². The van der Waals surface area contributed by atoms with Gasteiger partial charge >= 0.3 is 5.97 Å². The molecule has 0 amide bonds. The normalized spacial score (nSPS) is 10.1. The molecule has 0 saturated heterocycles. The highest BCUT2D eigenvalue weighted by Gasteiger charge is 2.14. The van der Waals surface area contributed by atoms with Gasteiger partial charge in [-0.2, -0.15) is 0 Å². The molecule has 0 unspecified atom stereocenters. The molecular weight excluding hydrogens is 252 g/mol. The molecule has 2 heterocycles. The molecule has 92 valence electrons. The van der Waals surface area contributed by atoms with Gasteiger partial charge in [0.25, 0.3) is 0 Å². The van der Waals surface area contributed by atoms with Crippen molar-refractivity contribution < 1.29 is 9.53 Å². The lowest BCUT2D eigenvalue weighted by molar-refractivity contribution is 0.0520. The van der Waals surface area contributed by atoms with Crippen molar-refractivity contribution in [2.24, 2.45) is 0 Å². The summed E-state index contributed by atoms with van der Waals surface area (Å²) in [5.74, 6) is -0.514. The highest BCUT2D eigenvalue weighted by atomic mass is 35.5. The highest BCUT2D eigenvalue weighted by Crippen LogP contribution is 2.23. The molecule has 0 aliphatic heterocycles. The minimum atomic E-state index is -0.514. The van der Waals surface area contributed by atoms with Crippen LogP contribution in [-0.4, -0.2) is 22.5 Å². The van der Waals surface area contributed by atoms with Gasteiger partial charge in [0, 0.05) is 29.7 Å². The first-order chi connectivity index (χ1) is 8.72. The summed E-state index contributed by atoms with van der Waals surface area (Å²) in [5.41, 5.74) is 1.83. The molecule has 5 heteroatoms. The number of pyridine rings is 2. The molecule has 0 saturated carbocycles. The van der Waals surface area contributed by atoms with Crippen LogP contribution in [-0.2, 0) is 4.74 Å². The van der Waals surface area contributed by atoms with Crippen LogP contribution in [0.4, 0.5) is 0 Å². The molecule has 0 aromatic carbocycles. The third-order valence-corrected chi connectivity index (χ3v) is 2.59. The molecule has 0 aliphatic rings. The summed E-state index contributed by atoms with van der Waals surface area (Å²) in [6, 6.07) is 5.39. The molecule has 2 aromatic heterocycles. The number of halogens is 1. The van der Waals surface area contributed by atoms with Gasteiger partial charge in [-0.1, -0.05) is 17.7 Å². The maximum atomic E-state index is 11.5. The van der Waals surface area contributed by atoms with Gasteiger partial charge in [-0.3, -0.25) is 4.98 Å². The first kappa shape index (κ1) is 12.5. The zero-order valence-corrected chi connectivity index (χ0v) is 10.5. The fraction of sp³-hybridized carbons (Fsp3) is 0.154. The van der Waals surface area contributed by atoms with Gasteiger partial charge in [-0.25, -0.2) is 9.78 Å². The summed E-state index contributed by atoms with van der Waals surface area (Å²) in [4.78, 5) is 19.6. The Kier molecular flexibility index (Phi) is 3.89. The minimum absolute atomic E-state index is 0.131. The zero-order valence-electron chi connectivity index (χ0n) is 9.76. The number of nitrogens with zero attached hydrogens (tertiary/aromatic N) is 2.